The molecule has 0 fully saturated rings. The van der Waals surface area contributed by atoms with Crippen molar-refractivity contribution in [3.63, 3.8) is 0 Å². The van der Waals surface area contributed by atoms with Crippen molar-refractivity contribution < 1.29 is 24.2 Å². The number of ether oxygens (including phenoxy) is 1. The number of nitrogens with one attached hydrogen (secondary N) is 1. The molecule has 0 spiro atoms. The summed E-state index contributed by atoms with van der Waals surface area (Å²) in [5, 5.41) is 11.0. The SMILES string of the molecule is CCCCCCCCC/C=C\C(CCCCCCCCC(=O)NCC(=O)O)OC(=O)CCCCCCCCCCC. The highest BCUT2D eigenvalue weighted by molar-refractivity contribution is 5.80. The van der Waals surface area contributed by atoms with E-state index in [2.05, 4.69) is 31.3 Å². The first-order valence-electron chi connectivity index (χ1n) is 17.3. The van der Waals surface area contributed by atoms with Gasteiger partial charge in [-0.3, -0.25) is 14.4 Å². The quantitative estimate of drug-likeness (QED) is 0.0484. The molecule has 0 aromatic carbocycles. The first kappa shape index (κ1) is 39.1. The van der Waals surface area contributed by atoms with E-state index in [1.54, 1.807) is 0 Å². The summed E-state index contributed by atoms with van der Waals surface area (Å²) in [5.74, 6) is -1.26. The second-order valence-corrected chi connectivity index (χ2v) is 11.8. The zero-order valence-corrected chi connectivity index (χ0v) is 26.9. The molecule has 0 bridgehead atoms. The van der Waals surface area contributed by atoms with E-state index in [0.29, 0.717) is 12.8 Å². The predicted molar refractivity (Wildman–Crippen MR) is 171 cm³/mol. The van der Waals surface area contributed by atoms with Gasteiger partial charge in [-0.05, 0) is 44.6 Å². The summed E-state index contributed by atoms with van der Waals surface area (Å²) in [6, 6.07) is 0. The van der Waals surface area contributed by atoms with Gasteiger partial charge in [0.25, 0.3) is 0 Å². The van der Waals surface area contributed by atoms with Gasteiger partial charge in [0.15, 0.2) is 0 Å². The first-order valence-corrected chi connectivity index (χ1v) is 17.3. The summed E-state index contributed by atoms with van der Waals surface area (Å²) in [7, 11) is 0. The minimum atomic E-state index is -1.02. The van der Waals surface area contributed by atoms with Gasteiger partial charge in [-0.2, -0.15) is 0 Å². The average Bonchev–Trinajstić information content (AvgIpc) is 2.95. The molecule has 0 aliphatic carbocycles. The van der Waals surface area contributed by atoms with Crippen LogP contribution in [0.5, 0.6) is 0 Å². The highest BCUT2D eigenvalue weighted by Crippen LogP contribution is 2.16. The number of esters is 1. The third-order valence-electron chi connectivity index (χ3n) is 7.67. The fourth-order valence-corrected chi connectivity index (χ4v) is 5.07. The molecule has 0 aliphatic heterocycles. The number of allylic oxidation sites excluding steroid dienone is 1. The zero-order chi connectivity index (χ0) is 30.2. The maximum absolute atomic E-state index is 12.5. The summed E-state index contributed by atoms with van der Waals surface area (Å²) in [4.78, 5) is 34.6. The Hall–Kier alpha value is -1.85. The lowest BCUT2D eigenvalue weighted by atomic mass is 10.0. The number of carboxylic acid groups (broad SMARTS) is 1. The Morgan fingerprint density at radius 1 is 0.634 bits per heavy atom. The molecule has 0 heterocycles. The average molecular weight is 580 g/mol. The summed E-state index contributed by atoms with van der Waals surface area (Å²) < 4.78 is 5.89. The maximum atomic E-state index is 12.5. The Balaban J connectivity index is 4.20. The van der Waals surface area contributed by atoms with Crippen LogP contribution in [0.2, 0.25) is 0 Å². The van der Waals surface area contributed by atoms with E-state index in [0.717, 1.165) is 64.2 Å². The molecule has 0 saturated carbocycles. The molecule has 1 amide bonds. The lowest BCUT2D eigenvalue weighted by Gasteiger charge is -2.15. The second kappa shape index (κ2) is 31.1. The minimum Gasteiger partial charge on any atom is -0.480 e. The zero-order valence-electron chi connectivity index (χ0n) is 26.9. The monoisotopic (exact) mass is 579 g/mol. The van der Waals surface area contributed by atoms with E-state index in [4.69, 9.17) is 9.84 Å². The number of unbranched alkanes of at least 4 members (excludes halogenated alkanes) is 20. The fourth-order valence-electron chi connectivity index (χ4n) is 5.07. The molecule has 0 aliphatic rings. The Bertz CT molecular complexity index is 648. The Labute approximate surface area is 252 Å². The number of carbonyl (C=O) groups excluding carboxylic acids is 2. The van der Waals surface area contributed by atoms with E-state index in [9.17, 15) is 14.4 Å². The van der Waals surface area contributed by atoms with Crippen molar-refractivity contribution in [3.05, 3.63) is 12.2 Å². The molecule has 41 heavy (non-hydrogen) atoms. The summed E-state index contributed by atoms with van der Waals surface area (Å²) >= 11 is 0. The number of carboxylic acids is 1. The molecular weight excluding hydrogens is 514 g/mol. The number of amides is 1. The van der Waals surface area contributed by atoms with Crippen molar-refractivity contribution >= 4 is 17.8 Å². The number of aliphatic carboxylic acids is 1. The number of rotatable bonds is 31. The molecule has 6 nitrogen and oxygen atoms in total. The molecule has 0 aromatic rings. The third-order valence-corrected chi connectivity index (χ3v) is 7.67. The van der Waals surface area contributed by atoms with Gasteiger partial charge in [-0.1, -0.05) is 135 Å². The standard InChI is InChI=1S/C35H65NO5/c1-3-5-7-9-11-13-15-19-23-27-32(41-35(40)30-26-22-16-14-12-10-8-6-4-2)28-24-20-17-18-21-25-29-33(37)36-31-34(38)39/h23,27,32H,3-22,24-26,28-31H2,1-2H3,(H,36,37)(H,38,39)/b27-23-. The lowest BCUT2D eigenvalue weighted by molar-refractivity contribution is -0.147. The second-order valence-electron chi connectivity index (χ2n) is 11.8. The summed E-state index contributed by atoms with van der Waals surface area (Å²) in [6.07, 6.45) is 33.4. The van der Waals surface area contributed by atoms with Gasteiger partial charge in [-0.25, -0.2) is 0 Å². The van der Waals surface area contributed by atoms with Crippen LogP contribution in [0.4, 0.5) is 0 Å². The predicted octanol–water partition coefficient (Wildman–Crippen LogP) is 9.84. The number of hydrogen-bond donors (Lipinski definition) is 2. The number of carbonyl (C=O) groups is 3. The van der Waals surface area contributed by atoms with Gasteiger partial charge >= 0.3 is 11.9 Å². The topological polar surface area (TPSA) is 92.7 Å². The van der Waals surface area contributed by atoms with Crippen molar-refractivity contribution in [1.29, 1.82) is 0 Å². The Kier molecular flexibility index (Phi) is 29.7. The van der Waals surface area contributed by atoms with Crippen LogP contribution in [0.3, 0.4) is 0 Å². The van der Waals surface area contributed by atoms with Crippen LogP contribution >= 0.6 is 0 Å². The van der Waals surface area contributed by atoms with Crippen molar-refractivity contribution in [2.75, 3.05) is 6.54 Å². The Morgan fingerprint density at radius 3 is 1.63 bits per heavy atom. The van der Waals surface area contributed by atoms with Gasteiger partial charge in [0.1, 0.15) is 12.6 Å². The van der Waals surface area contributed by atoms with Crippen LogP contribution in [0, 0.1) is 0 Å². The van der Waals surface area contributed by atoms with Crippen LogP contribution in [-0.4, -0.2) is 35.6 Å². The van der Waals surface area contributed by atoms with E-state index in [1.807, 2.05) is 0 Å². The molecule has 2 N–H and O–H groups in total. The molecule has 0 aromatic heterocycles. The first-order chi connectivity index (χ1) is 20.0. The molecule has 240 valence electrons. The highest BCUT2D eigenvalue weighted by Gasteiger charge is 2.11. The van der Waals surface area contributed by atoms with Crippen LogP contribution in [0.25, 0.3) is 0 Å². The third kappa shape index (κ3) is 30.9. The molecule has 1 unspecified atom stereocenters. The smallest absolute Gasteiger partial charge is 0.322 e. The van der Waals surface area contributed by atoms with E-state index < -0.39 is 5.97 Å². The normalized spacial score (nSPS) is 12.0. The van der Waals surface area contributed by atoms with Crippen LogP contribution in [0.15, 0.2) is 12.2 Å². The van der Waals surface area contributed by atoms with Crippen molar-refractivity contribution in [1.82, 2.24) is 5.32 Å². The molecule has 0 saturated heterocycles. The molecule has 0 radical (unpaired) electrons. The van der Waals surface area contributed by atoms with Gasteiger partial charge in [-0.15, -0.1) is 0 Å². The van der Waals surface area contributed by atoms with E-state index in [1.165, 1.54) is 89.9 Å². The van der Waals surface area contributed by atoms with Gasteiger partial charge < -0.3 is 15.2 Å². The van der Waals surface area contributed by atoms with Gasteiger partial charge in [0, 0.05) is 12.8 Å². The van der Waals surface area contributed by atoms with Crippen molar-refractivity contribution in [2.24, 2.45) is 0 Å². The van der Waals surface area contributed by atoms with Crippen molar-refractivity contribution in [2.45, 2.75) is 187 Å². The van der Waals surface area contributed by atoms with Crippen LogP contribution in [0.1, 0.15) is 181 Å². The van der Waals surface area contributed by atoms with E-state index in [-0.39, 0.29) is 24.5 Å². The Morgan fingerprint density at radius 2 is 1.10 bits per heavy atom. The van der Waals surface area contributed by atoms with E-state index >= 15 is 0 Å². The lowest BCUT2D eigenvalue weighted by Crippen LogP contribution is -2.28. The molecule has 6 heteroatoms. The largest absolute Gasteiger partial charge is 0.480 e. The summed E-state index contributed by atoms with van der Waals surface area (Å²) in [5.41, 5.74) is 0. The van der Waals surface area contributed by atoms with Gasteiger partial charge in [0.05, 0.1) is 0 Å². The van der Waals surface area contributed by atoms with Crippen LogP contribution < -0.4 is 5.32 Å². The van der Waals surface area contributed by atoms with Crippen molar-refractivity contribution in [3.8, 4) is 0 Å². The van der Waals surface area contributed by atoms with Crippen LogP contribution in [-0.2, 0) is 19.1 Å². The molecule has 1 atom stereocenters. The van der Waals surface area contributed by atoms with Gasteiger partial charge in [0.2, 0.25) is 5.91 Å². The maximum Gasteiger partial charge on any atom is 0.322 e. The number of hydrogen-bond acceptors (Lipinski definition) is 4. The highest BCUT2D eigenvalue weighted by atomic mass is 16.5. The summed E-state index contributed by atoms with van der Waals surface area (Å²) in [6.45, 7) is 4.19. The molecular formula is C35H65NO5. The minimum absolute atomic E-state index is 0.0558. The fraction of sp³-hybridized carbons (Fsp3) is 0.857. The molecule has 0 rings (SSSR count).